The molecule has 0 atom stereocenters. The van der Waals surface area contributed by atoms with E-state index in [4.69, 9.17) is 9.84 Å². The number of carbonyl (C=O) groups is 2. The third-order valence-electron chi connectivity index (χ3n) is 2.15. The van der Waals surface area contributed by atoms with Crippen LogP contribution in [0.25, 0.3) is 6.08 Å². The number of halogens is 1. The van der Waals surface area contributed by atoms with Crippen LogP contribution in [-0.4, -0.2) is 28.6 Å². The third kappa shape index (κ3) is 3.54. The quantitative estimate of drug-likeness (QED) is 0.785. The molecule has 1 aromatic rings. The second-order valence-electron chi connectivity index (χ2n) is 3.49. The van der Waals surface area contributed by atoms with Gasteiger partial charge in [0.2, 0.25) is 0 Å². The summed E-state index contributed by atoms with van der Waals surface area (Å²) < 4.78 is 5.12. The van der Waals surface area contributed by atoms with Crippen molar-refractivity contribution in [1.82, 2.24) is 4.98 Å². The molecule has 0 spiro atoms. The normalized spacial score (nSPS) is 14.3. The van der Waals surface area contributed by atoms with Crippen LogP contribution >= 0.6 is 12.4 Å². The molecule has 1 amide bonds. The second kappa shape index (κ2) is 6.13. The Kier molecular flexibility index (Phi) is 4.82. The van der Waals surface area contributed by atoms with Crippen molar-refractivity contribution in [2.75, 3.05) is 11.9 Å². The summed E-state index contributed by atoms with van der Waals surface area (Å²) in [5.74, 6) is -0.811. The van der Waals surface area contributed by atoms with E-state index in [9.17, 15) is 9.59 Å². The maximum Gasteiger partial charge on any atom is 0.328 e. The fourth-order valence-corrected chi connectivity index (χ4v) is 1.43. The van der Waals surface area contributed by atoms with Gasteiger partial charge in [-0.2, -0.15) is 0 Å². The van der Waals surface area contributed by atoms with Crippen LogP contribution in [0.1, 0.15) is 11.1 Å². The van der Waals surface area contributed by atoms with Crippen LogP contribution in [0.3, 0.4) is 0 Å². The van der Waals surface area contributed by atoms with Crippen molar-refractivity contribution in [3.05, 3.63) is 29.5 Å². The number of nitrogens with zero attached hydrogens (tertiary/aromatic N) is 1. The highest BCUT2D eigenvalue weighted by molar-refractivity contribution is 5.92. The molecule has 96 valence electrons. The number of anilines is 1. The molecule has 2 N–H and O–H groups in total. The van der Waals surface area contributed by atoms with Crippen molar-refractivity contribution >= 4 is 36.2 Å². The van der Waals surface area contributed by atoms with Crippen molar-refractivity contribution in [1.29, 1.82) is 0 Å². The number of amides is 1. The molecule has 1 aromatic heterocycles. The molecular formula is C11H11ClN2O4. The van der Waals surface area contributed by atoms with Crippen LogP contribution in [0.5, 0.6) is 0 Å². The van der Waals surface area contributed by atoms with Crippen LogP contribution in [-0.2, 0) is 20.9 Å². The van der Waals surface area contributed by atoms with Gasteiger partial charge in [-0.05, 0) is 17.7 Å². The van der Waals surface area contributed by atoms with E-state index in [2.05, 4.69) is 10.3 Å². The Bertz CT molecular complexity index is 502. The van der Waals surface area contributed by atoms with Crippen LogP contribution in [0.2, 0.25) is 0 Å². The summed E-state index contributed by atoms with van der Waals surface area (Å²) in [6, 6.07) is 1.73. The lowest BCUT2D eigenvalue weighted by Gasteiger charge is -2.04. The van der Waals surface area contributed by atoms with Gasteiger partial charge in [0.05, 0.1) is 6.61 Å². The van der Waals surface area contributed by atoms with Crippen LogP contribution in [0.4, 0.5) is 5.82 Å². The molecule has 6 nitrogen and oxygen atoms in total. The molecular weight excluding hydrogens is 260 g/mol. The number of hydrogen-bond acceptors (Lipinski definition) is 4. The lowest BCUT2D eigenvalue weighted by molar-refractivity contribution is -0.131. The molecule has 0 aromatic carbocycles. The zero-order chi connectivity index (χ0) is 12.3. The van der Waals surface area contributed by atoms with Crippen LogP contribution in [0, 0.1) is 0 Å². The molecule has 1 aliphatic rings. The van der Waals surface area contributed by atoms with Gasteiger partial charge in [0.1, 0.15) is 12.4 Å². The maximum atomic E-state index is 11.2. The number of carbonyl (C=O) groups excluding carboxylic acids is 1. The number of ether oxygens (including phenoxy) is 1. The summed E-state index contributed by atoms with van der Waals surface area (Å²) in [6.07, 6.45) is 3.95. The van der Waals surface area contributed by atoms with Crippen molar-refractivity contribution in [2.45, 2.75) is 6.61 Å². The molecule has 0 unspecified atom stereocenters. The molecule has 0 radical (unpaired) electrons. The number of rotatable bonds is 2. The van der Waals surface area contributed by atoms with Gasteiger partial charge in [0.15, 0.2) is 0 Å². The number of hydrogen-bond donors (Lipinski definition) is 2. The molecule has 7 heteroatoms. The molecule has 0 bridgehead atoms. The highest BCUT2D eigenvalue weighted by Crippen LogP contribution is 2.18. The Morgan fingerprint density at radius 2 is 2.28 bits per heavy atom. The van der Waals surface area contributed by atoms with Crippen LogP contribution in [0.15, 0.2) is 18.3 Å². The van der Waals surface area contributed by atoms with E-state index in [1.165, 1.54) is 12.3 Å². The average Bonchev–Trinajstić information content (AvgIpc) is 2.46. The fourth-order valence-electron chi connectivity index (χ4n) is 1.43. The minimum Gasteiger partial charge on any atom is -0.478 e. The predicted octanol–water partition coefficient (Wildman–Crippen LogP) is 1.07. The number of fused-ring (bicyclic) bond motifs is 1. The largest absolute Gasteiger partial charge is 0.478 e. The number of aromatic nitrogens is 1. The first kappa shape index (κ1) is 14.1. The molecule has 18 heavy (non-hydrogen) atoms. The summed E-state index contributed by atoms with van der Waals surface area (Å²) >= 11 is 0. The average molecular weight is 271 g/mol. The SMILES string of the molecule is Cl.O=C(O)C=Cc1cnc2c(c1)COCC(=O)N2. The predicted molar refractivity (Wildman–Crippen MR) is 66.4 cm³/mol. The molecule has 0 saturated carbocycles. The van der Waals surface area contributed by atoms with Crippen molar-refractivity contribution < 1.29 is 19.4 Å². The molecule has 0 fully saturated rings. The zero-order valence-electron chi connectivity index (χ0n) is 9.25. The summed E-state index contributed by atoms with van der Waals surface area (Å²) in [4.78, 5) is 25.6. The van der Waals surface area contributed by atoms with Gasteiger partial charge < -0.3 is 15.2 Å². The fraction of sp³-hybridized carbons (Fsp3) is 0.182. The van der Waals surface area contributed by atoms with E-state index in [1.807, 2.05) is 0 Å². The van der Waals surface area contributed by atoms with E-state index in [0.717, 1.165) is 11.6 Å². The van der Waals surface area contributed by atoms with E-state index in [1.54, 1.807) is 6.07 Å². The van der Waals surface area contributed by atoms with Gasteiger partial charge in [0, 0.05) is 17.8 Å². The van der Waals surface area contributed by atoms with Gasteiger partial charge in [-0.1, -0.05) is 0 Å². The van der Waals surface area contributed by atoms with Gasteiger partial charge >= 0.3 is 5.97 Å². The molecule has 0 aliphatic carbocycles. The molecule has 1 aliphatic heterocycles. The lowest BCUT2D eigenvalue weighted by atomic mass is 10.2. The van der Waals surface area contributed by atoms with Gasteiger partial charge in [-0.3, -0.25) is 4.79 Å². The number of aliphatic carboxylic acids is 1. The monoisotopic (exact) mass is 270 g/mol. The van der Waals surface area contributed by atoms with Gasteiger partial charge in [-0.15, -0.1) is 12.4 Å². The summed E-state index contributed by atoms with van der Waals surface area (Å²) in [5.41, 5.74) is 1.37. The minimum absolute atomic E-state index is 0. The highest BCUT2D eigenvalue weighted by Gasteiger charge is 2.13. The lowest BCUT2D eigenvalue weighted by Crippen LogP contribution is -2.15. The first-order chi connectivity index (χ1) is 8.15. The Balaban J connectivity index is 0.00000162. The Hall–Kier alpha value is -1.92. The van der Waals surface area contributed by atoms with E-state index >= 15 is 0 Å². The van der Waals surface area contributed by atoms with Crippen molar-refractivity contribution in [3.63, 3.8) is 0 Å². The molecule has 2 heterocycles. The molecule has 2 rings (SSSR count). The van der Waals surface area contributed by atoms with Crippen molar-refractivity contribution in [2.24, 2.45) is 0 Å². The maximum absolute atomic E-state index is 11.2. The topological polar surface area (TPSA) is 88.5 Å². The first-order valence-corrected chi connectivity index (χ1v) is 4.92. The number of nitrogens with one attached hydrogen (secondary N) is 1. The third-order valence-corrected chi connectivity index (χ3v) is 2.15. The second-order valence-corrected chi connectivity index (χ2v) is 3.49. The Labute approximate surface area is 109 Å². The number of carboxylic acids is 1. The zero-order valence-corrected chi connectivity index (χ0v) is 10.1. The van der Waals surface area contributed by atoms with Crippen LogP contribution < -0.4 is 5.32 Å². The molecule has 0 saturated heterocycles. The van der Waals surface area contributed by atoms with E-state index in [0.29, 0.717) is 11.4 Å². The summed E-state index contributed by atoms with van der Waals surface area (Å²) in [6.45, 7) is 0.270. The minimum atomic E-state index is -1.02. The van der Waals surface area contributed by atoms with Gasteiger partial charge in [0.25, 0.3) is 5.91 Å². The van der Waals surface area contributed by atoms with E-state index < -0.39 is 5.97 Å². The smallest absolute Gasteiger partial charge is 0.328 e. The standard InChI is InChI=1S/C11H10N2O4.ClH/c14-9-6-17-5-8-3-7(1-2-10(15)16)4-12-11(8)13-9;/h1-4H,5-6H2,(H,15,16)(H,12,13,14);1H. The first-order valence-electron chi connectivity index (χ1n) is 4.92. The van der Waals surface area contributed by atoms with E-state index in [-0.39, 0.29) is 31.5 Å². The Morgan fingerprint density at radius 1 is 1.50 bits per heavy atom. The number of carboxylic acid groups (broad SMARTS) is 1. The Morgan fingerprint density at radius 3 is 3.00 bits per heavy atom. The van der Waals surface area contributed by atoms with Crippen molar-refractivity contribution in [3.8, 4) is 0 Å². The number of pyridine rings is 1. The highest BCUT2D eigenvalue weighted by atomic mass is 35.5. The summed E-state index contributed by atoms with van der Waals surface area (Å²) in [7, 11) is 0. The summed E-state index contributed by atoms with van der Waals surface area (Å²) in [5, 5.41) is 11.1. The van der Waals surface area contributed by atoms with Gasteiger partial charge in [-0.25, -0.2) is 9.78 Å².